The minimum Gasteiger partial charge on any atom is -0.481 e. The fraction of sp³-hybridized carbons (Fsp3) is 0.800. The summed E-state index contributed by atoms with van der Waals surface area (Å²) in [6.07, 6.45) is 0. The van der Waals surface area contributed by atoms with Crippen LogP contribution in [0.4, 0.5) is 0 Å². The van der Waals surface area contributed by atoms with Gasteiger partial charge in [0.15, 0.2) is 0 Å². The van der Waals surface area contributed by atoms with E-state index in [4.69, 9.17) is 15.6 Å². The van der Waals surface area contributed by atoms with Crippen LogP contribution in [0.2, 0.25) is 0 Å². The number of hydrogen-bond donors (Lipinski definition) is 2. The summed E-state index contributed by atoms with van der Waals surface area (Å²) in [6.45, 7) is 2.68. The maximum absolute atomic E-state index is 11.8. The molecular formula is C10H18N2O4. The van der Waals surface area contributed by atoms with E-state index in [1.54, 1.807) is 0 Å². The highest BCUT2D eigenvalue weighted by Gasteiger charge is 2.38. The summed E-state index contributed by atoms with van der Waals surface area (Å²) in [5, 5.41) is 8.93. The van der Waals surface area contributed by atoms with Crippen LogP contribution in [0.25, 0.3) is 0 Å². The lowest BCUT2D eigenvalue weighted by Crippen LogP contribution is -2.45. The molecule has 0 bridgehead atoms. The molecule has 6 nitrogen and oxygen atoms in total. The molecule has 0 radical (unpaired) electrons. The molecule has 1 aliphatic heterocycles. The Morgan fingerprint density at radius 2 is 2.19 bits per heavy atom. The van der Waals surface area contributed by atoms with Gasteiger partial charge in [0.1, 0.15) is 6.04 Å². The van der Waals surface area contributed by atoms with Gasteiger partial charge in [0.25, 0.3) is 0 Å². The Kier molecular flexibility index (Phi) is 4.26. The lowest BCUT2D eigenvalue weighted by molar-refractivity contribution is -0.142. The topological polar surface area (TPSA) is 92.9 Å². The highest BCUT2D eigenvalue weighted by Crippen LogP contribution is 2.23. The Hall–Kier alpha value is -1.14. The molecule has 6 heteroatoms. The van der Waals surface area contributed by atoms with Crippen LogP contribution in [0.15, 0.2) is 0 Å². The third kappa shape index (κ3) is 2.70. The minimum atomic E-state index is -0.858. The molecule has 1 aliphatic rings. The first-order chi connectivity index (χ1) is 7.47. The smallest absolute Gasteiger partial charge is 0.308 e. The predicted molar refractivity (Wildman–Crippen MR) is 56.7 cm³/mol. The number of likely N-dealkylation sites (tertiary alicyclic amines) is 1. The van der Waals surface area contributed by atoms with Crippen molar-refractivity contribution in [2.75, 3.05) is 26.8 Å². The van der Waals surface area contributed by atoms with Gasteiger partial charge >= 0.3 is 5.97 Å². The first kappa shape index (κ1) is 12.9. The molecule has 0 aromatic carbocycles. The second-order valence-corrected chi connectivity index (χ2v) is 4.23. The molecule has 16 heavy (non-hydrogen) atoms. The van der Waals surface area contributed by atoms with Crippen molar-refractivity contribution in [3.05, 3.63) is 0 Å². The Morgan fingerprint density at radius 1 is 1.56 bits per heavy atom. The molecule has 1 fully saturated rings. The molecule has 0 aromatic rings. The Morgan fingerprint density at radius 3 is 2.62 bits per heavy atom. The highest BCUT2D eigenvalue weighted by atomic mass is 16.5. The van der Waals surface area contributed by atoms with Gasteiger partial charge in [-0.2, -0.15) is 0 Å². The van der Waals surface area contributed by atoms with Crippen molar-refractivity contribution in [3.8, 4) is 0 Å². The van der Waals surface area contributed by atoms with E-state index in [2.05, 4.69) is 0 Å². The average molecular weight is 230 g/mol. The summed E-state index contributed by atoms with van der Waals surface area (Å²) in [6, 6.07) is -0.704. The number of rotatable bonds is 4. The van der Waals surface area contributed by atoms with Crippen molar-refractivity contribution in [1.29, 1.82) is 0 Å². The summed E-state index contributed by atoms with van der Waals surface area (Å²) >= 11 is 0. The van der Waals surface area contributed by atoms with Crippen LogP contribution in [-0.2, 0) is 14.3 Å². The molecule has 1 amide bonds. The van der Waals surface area contributed by atoms with Crippen molar-refractivity contribution in [1.82, 2.24) is 4.90 Å². The number of hydrogen-bond acceptors (Lipinski definition) is 4. The minimum absolute atomic E-state index is 0.0313. The SMILES string of the molecule is COCC(N)C(=O)N1CC(C)C(C(=O)O)C1. The van der Waals surface area contributed by atoms with Crippen LogP contribution in [0.5, 0.6) is 0 Å². The normalized spacial score (nSPS) is 26.8. The zero-order chi connectivity index (χ0) is 12.3. The van der Waals surface area contributed by atoms with Crippen LogP contribution in [-0.4, -0.2) is 54.7 Å². The quantitative estimate of drug-likeness (QED) is 0.655. The maximum atomic E-state index is 11.8. The van der Waals surface area contributed by atoms with E-state index in [0.717, 1.165) is 0 Å². The summed E-state index contributed by atoms with van der Waals surface area (Å²) in [4.78, 5) is 24.2. The highest BCUT2D eigenvalue weighted by molar-refractivity contribution is 5.83. The summed E-state index contributed by atoms with van der Waals surface area (Å²) in [5.74, 6) is -1.62. The molecule has 1 heterocycles. The maximum Gasteiger partial charge on any atom is 0.308 e. The van der Waals surface area contributed by atoms with E-state index >= 15 is 0 Å². The van der Waals surface area contributed by atoms with Crippen LogP contribution >= 0.6 is 0 Å². The number of ether oxygens (including phenoxy) is 1. The van der Waals surface area contributed by atoms with Crippen LogP contribution in [0, 0.1) is 11.8 Å². The van der Waals surface area contributed by atoms with Gasteiger partial charge in [-0.15, -0.1) is 0 Å². The van der Waals surface area contributed by atoms with Crippen LogP contribution < -0.4 is 5.73 Å². The van der Waals surface area contributed by atoms with Crippen LogP contribution in [0.3, 0.4) is 0 Å². The number of carboxylic acid groups (broad SMARTS) is 1. The van der Waals surface area contributed by atoms with Gasteiger partial charge in [-0.3, -0.25) is 9.59 Å². The molecule has 0 aromatic heterocycles. The van der Waals surface area contributed by atoms with Crippen molar-refractivity contribution in [2.24, 2.45) is 17.6 Å². The van der Waals surface area contributed by atoms with E-state index in [9.17, 15) is 9.59 Å². The number of carbonyl (C=O) groups excluding carboxylic acids is 1. The molecule has 1 rings (SSSR count). The zero-order valence-corrected chi connectivity index (χ0v) is 9.55. The van der Waals surface area contributed by atoms with Gasteiger partial charge in [-0.25, -0.2) is 0 Å². The van der Waals surface area contributed by atoms with E-state index in [1.165, 1.54) is 12.0 Å². The van der Waals surface area contributed by atoms with Gasteiger partial charge < -0.3 is 20.5 Å². The van der Waals surface area contributed by atoms with Crippen molar-refractivity contribution in [2.45, 2.75) is 13.0 Å². The average Bonchev–Trinajstić information content (AvgIpc) is 2.59. The lowest BCUT2D eigenvalue weighted by atomic mass is 9.99. The van der Waals surface area contributed by atoms with E-state index < -0.39 is 17.9 Å². The van der Waals surface area contributed by atoms with Gasteiger partial charge in [0.05, 0.1) is 12.5 Å². The van der Waals surface area contributed by atoms with Gasteiger partial charge in [0.2, 0.25) is 5.91 Å². The number of methoxy groups -OCH3 is 1. The molecule has 3 unspecified atom stereocenters. The summed E-state index contributed by atoms with van der Waals surface area (Å²) < 4.78 is 4.80. The predicted octanol–water partition coefficient (Wildman–Crippen LogP) is -0.861. The zero-order valence-electron chi connectivity index (χ0n) is 9.55. The monoisotopic (exact) mass is 230 g/mol. The third-order valence-electron chi connectivity index (χ3n) is 2.90. The largest absolute Gasteiger partial charge is 0.481 e. The summed E-state index contributed by atoms with van der Waals surface area (Å²) in [7, 11) is 1.47. The molecule has 0 spiro atoms. The molecule has 3 atom stereocenters. The standard InChI is InChI=1S/C10H18N2O4/c1-6-3-12(4-7(6)10(14)15)9(13)8(11)5-16-2/h6-8H,3-5,11H2,1-2H3,(H,14,15). The number of amides is 1. The molecule has 1 saturated heterocycles. The van der Waals surface area contributed by atoms with E-state index in [-0.39, 0.29) is 25.0 Å². The lowest BCUT2D eigenvalue weighted by Gasteiger charge is -2.20. The van der Waals surface area contributed by atoms with Crippen LogP contribution in [0.1, 0.15) is 6.92 Å². The molecule has 0 aliphatic carbocycles. The van der Waals surface area contributed by atoms with Gasteiger partial charge in [-0.05, 0) is 5.92 Å². The van der Waals surface area contributed by atoms with Gasteiger partial charge in [-0.1, -0.05) is 6.92 Å². The molecule has 92 valence electrons. The van der Waals surface area contributed by atoms with Crippen molar-refractivity contribution in [3.63, 3.8) is 0 Å². The molecular weight excluding hydrogens is 212 g/mol. The Bertz CT molecular complexity index is 282. The number of carbonyl (C=O) groups is 2. The number of nitrogens with zero attached hydrogens (tertiary/aromatic N) is 1. The number of nitrogens with two attached hydrogens (primary N) is 1. The Labute approximate surface area is 94.3 Å². The number of aliphatic carboxylic acids is 1. The molecule has 0 saturated carbocycles. The van der Waals surface area contributed by atoms with E-state index in [0.29, 0.717) is 6.54 Å². The number of carboxylic acids is 1. The second kappa shape index (κ2) is 5.27. The fourth-order valence-corrected chi connectivity index (χ4v) is 1.95. The van der Waals surface area contributed by atoms with Crippen molar-refractivity contribution < 1.29 is 19.4 Å². The van der Waals surface area contributed by atoms with Gasteiger partial charge in [0, 0.05) is 20.2 Å². The van der Waals surface area contributed by atoms with Crippen molar-refractivity contribution >= 4 is 11.9 Å². The third-order valence-corrected chi connectivity index (χ3v) is 2.90. The van der Waals surface area contributed by atoms with E-state index in [1.807, 2.05) is 6.92 Å². The molecule has 3 N–H and O–H groups in total. The first-order valence-electron chi connectivity index (χ1n) is 5.23. The fourth-order valence-electron chi connectivity index (χ4n) is 1.95. The first-order valence-corrected chi connectivity index (χ1v) is 5.23. The summed E-state index contributed by atoms with van der Waals surface area (Å²) in [5.41, 5.74) is 5.61. The Balaban J connectivity index is 2.58. The second-order valence-electron chi connectivity index (χ2n) is 4.23.